The molecule has 1 amide bonds. The van der Waals surface area contributed by atoms with Crippen molar-refractivity contribution in [3.8, 4) is 17.1 Å². The number of hydrogen-bond donors (Lipinski definition) is 0. The van der Waals surface area contributed by atoms with Gasteiger partial charge in [0, 0.05) is 29.7 Å². The molecule has 0 bridgehead atoms. The van der Waals surface area contributed by atoms with Crippen LogP contribution >= 0.6 is 23.4 Å². The molecule has 0 N–H and O–H groups in total. The minimum absolute atomic E-state index is 0.0102. The van der Waals surface area contributed by atoms with Crippen molar-refractivity contribution in [2.75, 3.05) is 10.7 Å². The molecular weight excluding hydrogens is 461 g/mol. The number of carbonyl (C=O) groups excluding carboxylic acids is 1. The van der Waals surface area contributed by atoms with Gasteiger partial charge in [-0.15, -0.1) is 10.2 Å². The van der Waals surface area contributed by atoms with E-state index in [1.165, 1.54) is 23.9 Å². The first-order chi connectivity index (χ1) is 16.0. The average Bonchev–Trinajstić information content (AvgIpc) is 3.24. The van der Waals surface area contributed by atoms with Gasteiger partial charge < -0.3 is 4.90 Å². The zero-order chi connectivity index (χ0) is 23.4. The molecule has 2 heterocycles. The third-order valence-corrected chi connectivity index (χ3v) is 6.08. The summed E-state index contributed by atoms with van der Waals surface area (Å²) in [6.07, 6.45) is 3.31. The second-order valence-electron chi connectivity index (χ2n) is 7.46. The maximum atomic E-state index is 13.8. The highest BCUT2D eigenvalue weighted by molar-refractivity contribution is 7.99. The van der Waals surface area contributed by atoms with E-state index in [2.05, 4.69) is 15.2 Å². The van der Waals surface area contributed by atoms with Gasteiger partial charge in [0.25, 0.3) is 0 Å². The summed E-state index contributed by atoms with van der Waals surface area (Å²) in [7, 11) is 0. The summed E-state index contributed by atoms with van der Waals surface area (Å²) in [4.78, 5) is 19.0. The smallest absolute Gasteiger partial charge is 0.237 e. The molecule has 4 rings (SSSR count). The molecule has 2 aromatic carbocycles. The molecule has 0 saturated carbocycles. The van der Waals surface area contributed by atoms with Crippen LogP contribution in [0.2, 0.25) is 5.02 Å². The maximum Gasteiger partial charge on any atom is 0.237 e. The number of nitrogens with zero attached hydrogens (tertiary/aromatic N) is 5. The van der Waals surface area contributed by atoms with Crippen molar-refractivity contribution in [1.29, 1.82) is 0 Å². The minimum atomic E-state index is -0.515. The molecule has 0 radical (unpaired) electrons. The van der Waals surface area contributed by atoms with E-state index in [9.17, 15) is 9.18 Å². The van der Waals surface area contributed by atoms with Gasteiger partial charge >= 0.3 is 0 Å². The summed E-state index contributed by atoms with van der Waals surface area (Å²) in [6.45, 7) is 3.94. The number of hydrogen-bond acceptors (Lipinski definition) is 5. The van der Waals surface area contributed by atoms with E-state index in [1.807, 2.05) is 44.2 Å². The van der Waals surface area contributed by atoms with Crippen molar-refractivity contribution in [2.45, 2.75) is 25.0 Å². The number of aromatic nitrogens is 4. The number of rotatable bonds is 7. The van der Waals surface area contributed by atoms with Crippen LogP contribution in [-0.2, 0) is 4.79 Å². The lowest BCUT2D eigenvalue weighted by Gasteiger charge is -2.26. The molecule has 0 aliphatic rings. The summed E-state index contributed by atoms with van der Waals surface area (Å²) in [5, 5.41) is 9.14. The lowest BCUT2D eigenvalue weighted by atomic mass is 10.2. The predicted octanol–water partition coefficient (Wildman–Crippen LogP) is 5.66. The monoisotopic (exact) mass is 481 g/mol. The van der Waals surface area contributed by atoms with Crippen molar-refractivity contribution >= 4 is 35.0 Å². The normalized spacial score (nSPS) is 11.1. The van der Waals surface area contributed by atoms with Gasteiger partial charge in [0.05, 0.1) is 16.5 Å². The van der Waals surface area contributed by atoms with Crippen LogP contribution in [0.25, 0.3) is 17.1 Å². The fourth-order valence-electron chi connectivity index (χ4n) is 3.42. The van der Waals surface area contributed by atoms with Gasteiger partial charge in [0.2, 0.25) is 5.91 Å². The fraction of sp³-hybridized carbons (Fsp3) is 0.167. The summed E-state index contributed by atoms with van der Waals surface area (Å²) < 4.78 is 15.6. The van der Waals surface area contributed by atoms with Crippen LogP contribution in [0.3, 0.4) is 0 Å². The Morgan fingerprint density at radius 1 is 1.09 bits per heavy atom. The maximum absolute atomic E-state index is 13.8. The van der Waals surface area contributed by atoms with E-state index in [0.717, 1.165) is 11.3 Å². The highest BCUT2D eigenvalue weighted by Gasteiger charge is 2.22. The average molecular weight is 482 g/mol. The van der Waals surface area contributed by atoms with E-state index < -0.39 is 5.82 Å². The van der Waals surface area contributed by atoms with Crippen LogP contribution in [0, 0.1) is 5.82 Å². The van der Waals surface area contributed by atoms with E-state index in [1.54, 1.807) is 40.1 Å². The van der Waals surface area contributed by atoms with E-state index >= 15 is 0 Å². The molecule has 0 unspecified atom stereocenters. The Bertz CT molecular complexity index is 1250. The fourth-order valence-corrected chi connectivity index (χ4v) is 4.41. The number of thioether (sulfide) groups is 1. The van der Waals surface area contributed by atoms with Gasteiger partial charge in [0.15, 0.2) is 11.0 Å². The molecule has 0 aliphatic heterocycles. The van der Waals surface area contributed by atoms with Gasteiger partial charge in [-0.05, 0) is 56.3 Å². The first-order valence-corrected chi connectivity index (χ1v) is 11.6. The summed E-state index contributed by atoms with van der Waals surface area (Å²) in [6, 6.07) is 17.6. The number of pyridine rings is 1. The number of carbonyl (C=O) groups is 1. The number of halogens is 2. The Balaban J connectivity index is 1.67. The molecule has 0 fully saturated rings. The van der Waals surface area contributed by atoms with Crippen molar-refractivity contribution < 1.29 is 9.18 Å². The molecule has 0 spiro atoms. The lowest BCUT2D eigenvalue weighted by molar-refractivity contribution is -0.116. The zero-order valence-electron chi connectivity index (χ0n) is 18.0. The number of para-hydroxylation sites is 1. The van der Waals surface area contributed by atoms with Crippen LogP contribution in [0.4, 0.5) is 10.1 Å². The molecule has 33 heavy (non-hydrogen) atoms. The van der Waals surface area contributed by atoms with E-state index in [0.29, 0.717) is 16.7 Å². The largest absolute Gasteiger partial charge is 0.309 e. The first kappa shape index (κ1) is 22.9. The number of amides is 1. The lowest BCUT2D eigenvalue weighted by Crippen LogP contribution is -2.38. The van der Waals surface area contributed by atoms with Gasteiger partial charge in [-0.1, -0.05) is 41.6 Å². The Kier molecular flexibility index (Phi) is 7.05. The van der Waals surface area contributed by atoms with Gasteiger partial charge in [-0.3, -0.25) is 14.3 Å². The highest BCUT2D eigenvalue weighted by atomic mass is 35.5. The second kappa shape index (κ2) is 10.1. The Labute approximate surface area is 200 Å². The molecule has 9 heteroatoms. The molecular formula is C24H21ClFN5OS. The van der Waals surface area contributed by atoms with Crippen molar-refractivity contribution in [3.05, 3.63) is 83.9 Å². The van der Waals surface area contributed by atoms with Crippen LogP contribution in [0.5, 0.6) is 0 Å². The van der Waals surface area contributed by atoms with Crippen LogP contribution in [-0.4, -0.2) is 37.5 Å². The number of benzene rings is 2. The molecule has 4 aromatic rings. The Morgan fingerprint density at radius 2 is 1.82 bits per heavy atom. The second-order valence-corrected chi connectivity index (χ2v) is 8.81. The Morgan fingerprint density at radius 3 is 2.48 bits per heavy atom. The standard InChI is InChI=1S/C24H21ClFN5OS/c1-16(2)30(18-6-4-3-5-7-18)22(32)15-33-24-29-28-23(17-10-12-27-13-11-17)31(24)19-8-9-21(26)20(25)14-19/h3-14,16H,15H2,1-2H3. The third kappa shape index (κ3) is 5.07. The van der Waals surface area contributed by atoms with Crippen molar-refractivity contribution in [2.24, 2.45) is 0 Å². The molecule has 0 saturated heterocycles. The molecule has 168 valence electrons. The van der Waals surface area contributed by atoms with Gasteiger partial charge in [0.1, 0.15) is 5.82 Å². The topological polar surface area (TPSA) is 63.9 Å². The summed E-state index contributed by atoms with van der Waals surface area (Å²) in [5.41, 5.74) is 2.21. The highest BCUT2D eigenvalue weighted by Crippen LogP contribution is 2.30. The van der Waals surface area contributed by atoms with Crippen LogP contribution in [0.1, 0.15) is 13.8 Å². The SMILES string of the molecule is CC(C)N(C(=O)CSc1nnc(-c2ccncc2)n1-c1ccc(F)c(Cl)c1)c1ccccc1. The molecule has 2 aromatic heterocycles. The molecule has 6 nitrogen and oxygen atoms in total. The zero-order valence-corrected chi connectivity index (χ0v) is 19.6. The van der Waals surface area contributed by atoms with E-state index in [4.69, 9.17) is 11.6 Å². The summed E-state index contributed by atoms with van der Waals surface area (Å²) >= 11 is 7.31. The van der Waals surface area contributed by atoms with Crippen LogP contribution in [0.15, 0.2) is 78.2 Å². The van der Waals surface area contributed by atoms with Gasteiger partial charge in [-0.2, -0.15) is 0 Å². The predicted molar refractivity (Wildman–Crippen MR) is 129 cm³/mol. The van der Waals surface area contributed by atoms with Crippen molar-refractivity contribution in [1.82, 2.24) is 19.7 Å². The first-order valence-electron chi connectivity index (χ1n) is 10.3. The van der Waals surface area contributed by atoms with Gasteiger partial charge in [-0.25, -0.2) is 4.39 Å². The van der Waals surface area contributed by atoms with Crippen LogP contribution < -0.4 is 4.90 Å². The minimum Gasteiger partial charge on any atom is -0.309 e. The quantitative estimate of drug-likeness (QED) is 0.319. The summed E-state index contributed by atoms with van der Waals surface area (Å²) in [5.74, 6) is 0.118. The molecule has 0 aliphatic carbocycles. The number of anilines is 1. The van der Waals surface area contributed by atoms with E-state index in [-0.39, 0.29) is 22.7 Å². The Hall–Kier alpha value is -3.23. The molecule has 0 atom stereocenters. The van der Waals surface area contributed by atoms with Crippen molar-refractivity contribution in [3.63, 3.8) is 0 Å². The third-order valence-electron chi connectivity index (χ3n) is 4.88.